The lowest BCUT2D eigenvalue weighted by molar-refractivity contribution is 0.296. The minimum absolute atomic E-state index is 0.0810. The summed E-state index contributed by atoms with van der Waals surface area (Å²) in [5, 5.41) is 13.8. The second-order valence-electron chi connectivity index (χ2n) is 3.65. The zero-order valence-corrected chi connectivity index (χ0v) is 9.41. The molecule has 17 heavy (non-hydrogen) atoms. The monoisotopic (exact) mass is 233 g/mol. The van der Waals surface area contributed by atoms with Gasteiger partial charge in [-0.25, -0.2) is 0 Å². The van der Waals surface area contributed by atoms with Crippen LogP contribution in [0.1, 0.15) is 18.2 Å². The maximum Gasteiger partial charge on any atom is 0.179 e. The minimum atomic E-state index is 0.0810. The van der Waals surface area contributed by atoms with E-state index in [-0.39, 0.29) is 5.92 Å². The van der Waals surface area contributed by atoms with Gasteiger partial charge in [0.2, 0.25) is 0 Å². The van der Waals surface area contributed by atoms with E-state index in [4.69, 9.17) is 10.5 Å². The fraction of sp³-hybridized carbons (Fsp3) is 0.364. The van der Waals surface area contributed by atoms with Crippen LogP contribution in [0.2, 0.25) is 0 Å². The summed E-state index contributed by atoms with van der Waals surface area (Å²) in [5.41, 5.74) is 5.67. The average molecular weight is 233 g/mol. The molecule has 1 atom stereocenters. The Labute approximate surface area is 99.2 Å². The van der Waals surface area contributed by atoms with Gasteiger partial charge in [-0.1, -0.05) is 23.4 Å². The van der Waals surface area contributed by atoms with Crippen molar-refractivity contribution in [3.8, 4) is 5.75 Å². The van der Waals surface area contributed by atoms with E-state index in [2.05, 4.69) is 20.6 Å². The quantitative estimate of drug-likeness (QED) is 0.767. The van der Waals surface area contributed by atoms with Gasteiger partial charge in [0.05, 0.1) is 6.61 Å². The molecule has 2 rings (SSSR count). The van der Waals surface area contributed by atoms with Gasteiger partial charge in [-0.15, -0.1) is 10.2 Å². The molecule has 0 spiro atoms. The highest BCUT2D eigenvalue weighted by Crippen LogP contribution is 2.14. The Balaban J connectivity index is 1.81. The first kappa shape index (κ1) is 11.5. The number of hydrogen-bond donors (Lipinski definition) is 2. The van der Waals surface area contributed by atoms with E-state index in [9.17, 15) is 0 Å². The van der Waals surface area contributed by atoms with Crippen LogP contribution in [0.25, 0.3) is 0 Å². The standard InChI is InChI=1S/C11H15N5O/c12-8-9(11-13-15-16-14-11)6-7-17-10-4-2-1-3-5-10/h1-5,9H,6-8,12H2,(H,13,14,15,16). The highest BCUT2D eigenvalue weighted by atomic mass is 16.5. The van der Waals surface area contributed by atoms with Gasteiger partial charge in [0.25, 0.3) is 0 Å². The van der Waals surface area contributed by atoms with E-state index in [0.717, 1.165) is 12.2 Å². The van der Waals surface area contributed by atoms with E-state index >= 15 is 0 Å². The van der Waals surface area contributed by atoms with Crippen molar-refractivity contribution in [1.29, 1.82) is 0 Å². The molecule has 0 saturated heterocycles. The molecule has 1 unspecified atom stereocenters. The molecule has 2 aromatic rings. The molecule has 90 valence electrons. The summed E-state index contributed by atoms with van der Waals surface area (Å²) in [6, 6.07) is 9.68. The fourth-order valence-electron chi connectivity index (χ4n) is 1.53. The minimum Gasteiger partial charge on any atom is -0.494 e. The van der Waals surface area contributed by atoms with Gasteiger partial charge in [-0.3, -0.25) is 0 Å². The second-order valence-corrected chi connectivity index (χ2v) is 3.65. The first-order valence-corrected chi connectivity index (χ1v) is 5.51. The van der Waals surface area contributed by atoms with Gasteiger partial charge >= 0.3 is 0 Å². The van der Waals surface area contributed by atoms with Gasteiger partial charge in [-0.2, -0.15) is 5.21 Å². The lowest BCUT2D eigenvalue weighted by Gasteiger charge is -2.11. The SMILES string of the molecule is NCC(CCOc1ccccc1)c1nn[nH]n1. The third-order valence-electron chi connectivity index (χ3n) is 2.49. The Hall–Kier alpha value is -1.95. The molecule has 1 aromatic heterocycles. The molecule has 0 amide bonds. The van der Waals surface area contributed by atoms with Crippen LogP contribution in [0.3, 0.4) is 0 Å². The van der Waals surface area contributed by atoms with Crippen molar-refractivity contribution < 1.29 is 4.74 Å². The zero-order valence-electron chi connectivity index (χ0n) is 9.41. The molecule has 0 aliphatic carbocycles. The van der Waals surface area contributed by atoms with Crippen molar-refractivity contribution in [2.45, 2.75) is 12.3 Å². The van der Waals surface area contributed by atoms with Crippen LogP contribution in [0.5, 0.6) is 5.75 Å². The number of H-pyrrole nitrogens is 1. The normalized spacial score (nSPS) is 12.3. The molecule has 1 aromatic carbocycles. The highest BCUT2D eigenvalue weighted by Gasteiger charge is 2.14. The van der Waals surface area contributed by atoms with Crippen LogP contribution in [-0.2, 0) is 0 Å². The number of nitrogens with one attached hydrogen (secondary N) is 1. The molecular weight excluding hydrogens is 218 g/mol. The maximum atomic E-state index is 5.67. The van der Waals surface area contributed by atoms with Crippen molar-refractivity contribution in [2.75, 3.05) is 13.2 Å². The number of para-hydroxylation sites is 1. The Morgan fingerprint density at radius 2 is 2.12 bits per heavy atom. The van der Waals surface area contributed by atoms with E-state index in [1.54, 1.807) is 0 Å². The van der Waals surface area contributed by atoms with Crippen LogP contribution in [0.4, 0.5) is 0 Å². The van der Waals surface area contributed by atoms with Gasteiger partial charge in [0, 0.05) is 12.5 Å². The fourth-order valence-corrected chi connectivity index (χ4v) is 1.53. The molecule has 0 radical (unpaired) electrons. The van der Waals surface area contributed by atoms with Crippen molar-refractivity contribution in [3.05, 3.63) is 36.2 Å². The van der Waals surface area contributed by atoms with Crippen LogP contribution in [0, 0.1) is 0 Å². The summed E-state index contributed by atoms with van der Waals surface area (Å²) < 4.78 is 5.59. The molecule has 1 heterocycles. The molecule has 0 aliphatic rings. The van der Waals surface area contributed by atoms with Gasteiger partial charge in [0.1, 0.15) is 5.75 Å². The van der Waals surface area contributed by atoms with Crippen LogP contribution in [0.15, 0.2) is 30.3 Å². The smallest absolute Gasteiger partial charge is 0.179 e. The predicted octanol–water partition coefficient (Wildman–Crippen LogP) is 0.711. The van der Waals surface area contributed by atoms with Crippen LogP contribution < -0.4 is 10.5 Å². The van der Waals surface area contributed by atoms with E-state index in [0.29, 0.717) is 19.0 Å². The molecule has 3 N–H and O–H groups in total. The van der Waals surface area contributed by atoms with Crippen molar-refractivity contribution in [1.82, 2.24) is 20.6 Å². The van der Waals surface area contributed by atoms with E-state index < -0.39 is 0 Å². The molecule has 0 aliphatic heterocycles. The number of benzene rings is 1. The molecule has 0 saturated carbocycles. The largest absolute Gasteiger partial charge is 0.494 e. The molecule has 0 bridgehead atoms. The number of aromatic nitrogens is 4. The number of hydrogen-bond acceptors (Lipinski definition) is 5. The maximum absolute atomic E-state index is 5.67. The summed E-state index contributed by atoms with van der Waals surface area (Å²) in [4.78, 5) is 0. The number of tetrazole rings is 1. The van der Waals surface area contributed by atoms with Crippen LogP contribution in [-0.4, -0.2) is 33.8 Å². The molecule has 6 nitrogen and oxygen atoms in total. The average Bonchev–Trinajstić information content (AvgIpc) is 2.90. The first-order valence-electron chi connectivity index (χ1n) is 5.51. The van der Waals surface area contributed by atoms with Crippen molar-refractivity contribution in [2.24, 2.45) is 5.73 Å². The zero-order chi connectivity index (χ0) is 11.9. The van der Waals surface area contributed by atoms with Crippen molar-refractivity contribution in [3.63, 3.8) is 0 Å². The van der Waals surface area contributed by atoms with Gasteiger partial charge in [-0.05, 0) is 18.6 Å². The Morgan fingerprint density at radius 3 is 2.76 bits per heavy atom. The Morgan fingerprint density at radius 1 is 1.29 bits per heavy atom. The molecular formula is C11H15N5O. The third kappa shape index (κ3) is 3.25. The number of nitrogens with two attached hydrogens (primary N) is 1. The number of nitrogens with zero attached hydrogens (tertiary/aromatic N) is 3. The number of aromatic amines is 1. The lowest BCUT2D eigenvalue weighted by Crippen LogP contribution is -2.17. The van der Waals surface area contributed by atoms with Gasteiger partial charge in [0.15, 0.2) is 5.82 Å². The topological polar surface area (TPSA) is 89.7 Å². The van der Waals surface area contributed by atoms with Crippen molar-refractivity contribution >= 4 is 0 Å². The Bertz CT molecular complexity index is 417. The van der Waals surface area contributed by atoms with E-state index in [1.165, 1.54) is 0 Å². The van der Waals surface area contributed by atoms with Gasteiger partial charge < -0.3 is 10.5 Å². The van der Waals surface area contributed by atoms with E-state index in [1.807, 2.05) is 30.3 Å². The summed E-state index contributed by atoms with van der Waals surface area (Å²) in [6.07, 6.45) is 0.769. The second kappa shape index (κ2) is 5.95. The first-order chi connectivity index (χ1) is 8.40. The van der Waals surface area contributed by atoms with Crippen LogP contribution >= 0.6 is 0 Å². The lowest BCUT2D eigenvalue weighted by atomic mass is 10.1. The summed E-state index contributed by atoms with van der Waals surface area (Å²) in [7, 11) is 0. The molecule has 6 heteroatoms. The summed E-state index contributed by atoms with van der Waals surface area (Å²) in [5.74, 6) is 1.58. The predicted molar refractivity (Wildman–Crippen MR) is 62.5 cm³/mol. The number of ether oxygens (including phenoxy) is 1. The number of rotatable bonds is 6. The summed E-state index contributed by atoms with van der Waals surface area (Å²) >= 11 is 0. The highest BCUT2D eigenvalue weighted by molar-refractivity contribution is 5.20. The third-order valence-corrected chi connectivity index (χ3v) is 2.49. The molecule has 0 fully saturated rings. The Kier molecular flexibility index (Phi) is 4.04. The summed E-state index contributed by atoms with van der Waals surface area (Å²) in [6.45, 7) is 1.07.